The number of aliphatic hydroxyl groups is 5. The Morgan fingerprint density at radius 2 is 1.93 bits per heavy atom. The van der Waals surface area contributed by atoms with Crippen LogP contribution in [0.2, 0.25) is 0 Å². The van der Waals surface area contributed by atoms with Crippen molar-refractivity contribution in [2.45, 2.75) is 59.2 Å². The van der Waals surface area contributed by atoms with E-state index in [2.05, 4.69) is 14.3 Å². The van der Waals surface area contributed by atoms with Crippen molar-refractivity contribution in [2.75, 3.05) is 18.9 Å². The minimum Gasteiger partial charge on any atom is -0.393 e. The van der Waals surface area contributed by atoms with Gasteiger partial charge in [-0.05, 0) is 23.3 Å². The molecule has 0 radical (unpaired) electrons. The largest absolute Gasteiger partial charge is 0.481 e. The van der Waals surface area contributed by atoms with Gasteiger partial charge in [-0.2, -0.15) is 0 Å². The summed E-state index contributed by atoms with van der Waals surface area (Å²) in [6.45, 7) is -6.40. The molecule has 13 atom stereocenters. The number of aliphatic hydroxyl groups excluding tert-OH is 4. The molecule has 17 nitrogen and oxygen atoms in total. The lowest BCUT2D eigenvalue weighted by molar-refractivity contribution is -0.426. The topological polar surface area (TPSA) is 283 Å². The number of alkyl halides is 1. The van der Waals surface area contributed by atoms with Gasteiger partial charge in [0.05, 0.1) is 53.9 Å². The lowest BCUT2D eigenvalue weighted by atomic mass is 9.87. The van der Waals surface area contributed by atoms with Crippen LogP contribution in [0.3, 0.4) is 0 Å². The molecule has 4 heterocycles. The summed E-state index contributed by atoms with van der Waals surface area (Å²) in [5, 5.41) is 52.3. The number of hydrogen-bond donors (Lipinski definition) is 9. The maximum atomic E-state index is 14.1. The normalized spacial score (nSPS) is 43.1. The van der Waals surface area contributed by atoms with Crippen molar-refractivity contribution in [3.8, 4) is 0 Å². The zero-order valence-electron chi connectivity index (χ0n) is 20.6. The van der Waals surface area contributed by atoms with E-state index >= 15 is 0 Å². The van der Waals surface area contributed by atoms with Crippen LogP contribution in [-0.2, 0) is 44.8 Å². The first-order valence-electron chi connectivity index (χ1n) is 11.8. The van der Waals surface area contributed by atoms with Crippen molar-refractivity contribution in [3.05, 3.63) is 23.5 Å². The average Bonchev–Trinajstić information content (AvgIpc) is 3.20. The predicted octanol–water partition coefficient (Wildman–Crippen LogP) is -2.33. The van der Waals surface area contributed by atoms with Crippen LogP contribution < -0.4 is 11.5 Å². The molecule has 1 aromatic heterocycles. The number of nitrogens with zero attached hydrogens (tertiary/aromatic N) is 2. The molecule has 1 aliphatic carbocycles. The molecule has 0 aromatic carbocycles. The average molecular weight is 665 g/mol. The molecule has 2 saturated heterocycles. The van der Waals surface area contributed by atoms with Crippen LogP contribution in [-0.4, -0.2) is 107 Å². The van der Waals surface area contributed by atoms with Gasteiger partial charge in [0.2, 0.25) is 0 Å². The number of nitrogens with two attached hydrogens (primary N) is 2. The van der Waals surface area contributed by atoms with Crippen molar-refractivity contribution in [2.24, 2.45) is 17.6 Å². The van der Waals surface area contributed by atoms with Crippen LogP contribution in [0, 0.1) is 11.8 Å². The van der Waals surface area contributed by atoms with Crippen molar-refractivity contribution in [3.63, 3.8) is 0 Å². The van der Waals surface area contributed by atoms with Gasteiger partial charge in [0.15, 0.2) is 12.1 Å². The van der Waals surface area contributed by atoms with E-state index in [0.717, 1.165) is 0 Å². The predicted molar refractivity (Wildman–Crippen MR) is 137 cm³/mol. The molecule has 230 valence electrons. The zero-order chi connectivity index (χ0) is 30.1. The first kappa shape index (κ1) is 31.7. The quantitative estimate of drug-likeness (QED) is 0.125. The number of hydrogen-bond acceptors (Lipinski definition) is 17. The van der Waals surface area contributed by atoms with Crippen molar-refractivity contribution >= 4 is 43.9 Å². The van der Waals surface area contributed by atoms with Crippen LogP contribution in [0.15, 0.2) is 22.7 Å². The number of halogens is 1. The lowest BCUT2D eigenvalue weighted by Gasteiger charge is -2.49. The fourth-order valence-corrected chi connectivity index (χ4v) is 9.43. The number of thioether (sulfide) groups is 1. The van der Waals surface area contributed by atoms with E-state index in [1.807, 2.05) is 0 Å². The van der Waals surface area contributed by atoms with E-state index in [9.17, 15) is 39.2 Å². The summed E-state index contributed by atoms with van der Waals surface area (Å²) in [5.74, 6) is -5.80. The van der Waals surface area contributed by atoms with Gasteiger partial charge in [-0.25, -0.2) is 23.2 Å². The first-order chi connectivity index (χ1) is 19.1. The SMILES string of the molecule is Nc1ncnc2c1SC=C[C@@]21O[C@H](COP(O)(=S)OP(=O)(O)OC2OC3(O)C2C(O)C(O)C3[C@@H](F)CO)[C@@H](O)[C@H]1N. The van der Waals surface area contributed by atoms with Gasteiger partial charge in [-0.1, -0.05) is 11.8 Å². The summed E-state index contributed by atoms with van der Waals surface area (Å²) in [4.78, 5) is 29.2. The number of phosphoric acid groups is 1. The number of anilines is 1. The number of fused-ring (bicyclic) bond motifs is 3. The summed E-state index contributed by atoms with van der Waals surface area (Å²) in [7, 11) is -5.36. The lowest BCUT2D eigenvalue weighted by Crippen LogP contribution is -2.64. The Balaban J connectivity index is 1.22. The van der Waals surface area contributed by atoms with Gasteiger partial charge in [0, 0.05) is 0 Å². The minimum atomic E-state index is -5.36. The van der Waals surface area contributed by atoms with Gasteiger partial charge in [0.25, 0.3) is 0 Å². The molecule has 1 spiro atoms. The van der Waals surface area contributed by atoms with E-state index in [4.69, 9.17) is 46.9 Å². The Kier molecular flexibility index (Phi) is 8.50. The summed E-state index contributed by atoms with van der Waals surface area (Å²) >= 11 is 6.00. The molecule has 41 heavy (non-hydrogen) atoms. The van der Waals surface area contributed by atoms with Crippen molar-refractivity contribution < 1.29 is 67.1 Å². The van der Waals surface area contributed by atoms with Crippen LogP contribution >= 0.6 is 26.3 Å². The second-order valence-corrected chi connectivity index (χ2v) is 15.0. The van der Waals surface area contributed by atoms with Crippen molar-refractivity contribution in [1.82, 2.24) is 9.97 Å². The second kappa shape index (κ2) is 11.0. The monoisotopic (exact) mass is 664 g/mol. The minimum absolute atomic E-state index is 0.161. The number of nitrogen functional groups attached to an aromatic ring is 1. The molecule has 4 aliphatic rings. The Bertz CT molecular complexity index is 1320. The van der Waals surface area contributed by atoms with E-state index in [1.165, 1.54) is 18.1 Å². The highest BCUT2D eigenvalue weighted by Gasteiger charge is 2.74. The maximum absolute atomic E-state index is 14.1. The first-order valence-corrected chi connectivity index (χ1v) is 16.8. The Morgan fingerprint density at radius 1 is 1.22 bits per heavy atom. The van der Waals surface area contributed by atoms with Crippen molar-refractivity contribution in [1.29, 1.82) is 0 Å². The molecule has 5 rings (SSSR count). The van der Waals surface area contributed by atoms with E-state index in [1.54, 1.807) is 11.5 Å². The van der Waals surface area contributed by atoms with Gasteiger partial charge in [-0.3, -0.25) is 4.52 Å². The smallest absolute Gasteiger partial charge is 0.393 e. The van der Waals surface area contributed by atoms with Gasteiger partial charge >= 0.3 is 14.5 Å². The van der Waals surface area contributed by atoms with E-state index in [-0.39, 0.29) is 5.82 Å². The molecule has 0 amide bonds. The standard InChI is InChI=1S/C19H27FN4O13P2S2/c20-6(3-25)8-11(27)12(28)9-17(35-19(8,9)29)36-38(30,31)37-39(32,40)33-4-7-10(26)14(21)18(34-7)1-2-41-13-15(18)23-5-24-16(13)22/h1-2,5-12,14,17,25-29H,3-4,21H2,(H,30,31)(H,32,40)(H2,22,23,24)/t6-,7+,8?,9?,10+,11?,12?,14+,17?,18-,19?,39?/m0/s1. The molecule has 22 heteroatoms. The van der Waals surface area contributed by atoms with Crippen LogP contribution in [0.5, 0.6) is 0 Å². The van der Waals surface area contributed by atoms with Crippen LogP contribution in [0.1, 0.15) is 5.69 Å². The van der Waals surface area contributed by atoms with E-state index in [0.29, 0.717) is 10.6 Å². The highest BCUT2D eigenvalue weighted by molar-refractivity contribution is 8.08. The summed E-state index contributed by atoms with van der Waals surface area (Å²) in [5.41, 5.74) is 11.0. The molecule has 3 fully saturated rings. The third-order valence-corrected chi connectivity index (χ3v) is 11.8. The second-order valence-electron chi connectivity index (χ2n) is 9.71. The molecule has 1 saturated carbocycles. The Hall–Kier alpha value is -0.740. The molecule has 11 N–H and O–H groups in total. The number of phosphoric ester groups is 1. The summed E-state index contributed by atoms with van der Waals surface area (Å²) < 4.78 is 52.1. The third kappa shape index (κ3) is 5.32. The zero-order valence-corrected chi connectivity index (χ0v) is 24.0. The van der Waals surface area contributed by atoms with E-state index < -0.39 is 93.9 Å². The third-order valence-electron chi connectivity index (χ3n) is 7.34. The fraction of sp³-hybridized carbons (Fsp3) is 0.684. The summed E-state index contributed by atoms with van der Waals surface area (Å²) in [6, 6.07) is -1.09. The molecular weight excluding hydrogens is 637 g/mol. The summed E-state index contributed by atoms with van der Waals surface area (Å²) in [6.07, 6.45) is -7.78. The molecule has 8 unspecified atom stereocenters. The molecule has 0 bridgehead atoms. The van der Waals surface area contributed by atoms with Gasteiger partial charge < -0.3 is 60.8 Å². The fourth-order valence-electron chi connectivity index (χ4n) is 5.43. The highest BCUT2D eigenvalue weighted by atomic mass is 32.5. The maximum Gasteiger partial charge on any atom is 0.481 e. The Morgan fingerprint density at radius 3 is 2.61 bits per heavy atom. The van der Waals surface area contributed by atoms with Crippen LogP contribution in [0.25, 0.3) is 0 Å². The van der Waals surface area contributed by atoms with Gasteiger partial charge in [0.1, 0.15) is 36.1 Å². The van der Waals surface area contributed by atoms with Gasteiger partial charge in [-0.15, -0.1) is 0 Å². The number of rotatable bonds is 9. The molecular formula is C19H27FN4O13P2S2. The number of aromatic nitrogens is 2. The molecule has 1 aromatic rings. The van der Waals surface area contributed by atoms with Crippen LogP contribution in [0.4, 0.5) is 10.2 Å². The highest BCUT2D eigenvalue weighted by Crippen LogP contribution is 2.65. The molecule has 3 aliphatic heterocycles. The Labute approximate surface area is 240 Å². The number of ether oxygens (including phenoxy) is 2.